The number of carbonyl (C=O) groups is 1. The number of benzene rings is 1. The van der Waals surface area contributed by atoms with Crippen LogP contribution in [0.5, 0.6) is 0 Å². The van der Waals surface area contributed by atoms with E-state index < -0.39 is 0 Å². The Morgan fingerprint density at radius 1 is 1.20 bits per heavy atom. The molecule has 2 rings (SSSR count). The van der Waals surface area contributed by atoms with E-state index in [4.69, 9.17) is 23.2 Å². The quantitative estimate of drug-likeness (QED) is 0.733. The van der Waals surface area contributed by atoms with Crippen LogP contribution in [-0.4, -0.2) is 5.78 Å². The van der Waals surface area contributed by atoms with E-state index in [0.717, 1.165) is 0 Å². The Morgan fingerprint density at radius 2 is 2.00 bits per heavy atom. The third-order valence-corrected chi connectivity index (χ3v) is 3.34. The van der Waals surface area contributed by atoms with Gasteiger partial charge in [0.25, 0.3) is 0 Å². The average molecular weight is 257 g/mol. The maximum absolute atomic E-state index is 11.9. The van der Waals surface area contributed by atoms with E-state index in [-0.39, 0.29) is 5.78 Å². The summed E-state index contributed by atoms with van der Waals surface area (Å²) in [7, 11) is 0. The SMILES string of the molecule is O=C(c1cccs1)c1ccc(Cl)cc1Cl. The first-order valence-corrected chi connectivity index (χ1v) is 5.85. The van der Waals surface area contributed by atoms with Crippen molar-refractivity contribution in [2.24, 2.45) is 0 Å². The number of carbonyl (C=O) groups excluding carboxylic acids is 1. The number of hydrogen-bond donors (Lipinski definition) is 0. The van der Waals surface area contributed by atoms with Crippen LogP contribution in [0.1, 0.15) is 15.2 Å². The van der Waals surface area contributed by atoms with Crippen molar-refractivity contribution in [1.29, 1.82) is 0 Å². The van der Waals surface area contributed by atoms with E-state index in [1.165, 1.54) is 11.3 Å². The number of hydrogen-bond acceptors (Lipinski definition) is 2. The van der Waals surface area contributed by atoms with Crippen molar-refractivity contribution in [3.05, 3.63) is 56.2 Å². The Hall–Kier alpha value is -0.830. The molecule has 0 saturated carbocycles. The summed E-state index contributed by atoms with van der Waals surface area (Å²) in [6.45, 7) is 0. The van der Waals surface area contributed by atoms with Gasteiger partial charge in [-0.1, -0.05) is 29.3 Å². The summed E-state index contributed by atoms with van der Waals surface area (Å²) in [5.74, 6) is -0.0633. The molecule has 4 heteroatoms. The highest BCUT2D eigenvalue weighted by Gasteiger charge is 2.13. The lowest BCUT2D eigenvalue weighted by Crippen LogP contribution is -1.99. The average Bonchev–Trinajstić information content (AvgIpc) is 2.69. The number of thiophene rings is 1. The smallest absolute Gasteiger partial charge is 0.204 e. The molecule has 0 saturated heterocycles. The van der Waals surface area contributed by atoms with Crippen LogP contribution in [0.4, 0.5) is 0 Å². The fourth-order valence-electron chi connectivity index (χ4n) is 1.21. The predicted molar refractivity (Wildman–Crippen MR) is 64.2 cm³/mol. The maximum atomic E-state index is 11.9. The molecule has 1 heterocycles. The van der Waals surface area contributed by atoms with Gasteiger partial charge in [0.15, 0.2) is 0 Å². The van der Waals surface area contributed by atoms with Crippen molar-refractivity contribution >= 4 is 40.3 Å². The zero-order valence-electron chi connectivity index (χ0n) is 7.54. The number of ketones is 1. The van der Waals surface area contributed by atoms with Crippen LogP contribution in [0.25, 0.3) is 0 Å². The second kappa shape index (κ2) is 4.35. The highest BCUT2D eigenvalue weighted by Crippen LogP contribution is 2.24. The first-order valence-electron chi connectivity index (χ1n) is 4.22. The van der Waals surface area contributed by atoms with Crippen molar-refractivity contribution in [2.45, 2.75) is 0 Å². The molecule has 0 bridgehead atoms. The molecular weight excluding hydrogens is 251 g/mol. The minimum Gasteiger partial charge on any atom is -0.288 e. The summed E-state index contributed by atoms with van der Waals surface area (Å²) < 4.78 is 0. The molecule has 76 valence electrons. The highest BCUT2D eigenvalue weighted by atomic mass is 35.5. The lowest BCUT2D eigenvalue weighted by molar-refractivity contribution is 0.104. The summed E-state index contributed by atoms with van der Waals surface area (Å²) in [5, 5.41) is 2.78. The Balaban J connectivity index is 2.42. The van der Waals surface area contributed by atoms with Crippen LogP contribution in [0.15, 0.2) is 35.7 Å². The standard InChI is InChI=1S/C11H6Cl2OS/c12-7-3-4-8(9(13)6-7)11(14)10-2-1-5-15-10/h1-6H. The van der Waals surface area contributed by atoms with Crippen LogP contribution in [0.2, 0.25) is 10.0 Å². The molecule has 1 aromatic carbocycles. The first kappa shape index (κ1) is 10.7. The monoisotopic (exact) mass is 256 g/mol. The van der Waals surface area contributed by atoms with Gasteiger partial charge in [-0.15, -0.1) is 11.3 Å². The fraction of sp³-hybridized carbons (Fsp3) is 0. The maximum Gasteiger partial charge on any atom is 0.204 e. The van der Waals surface area contributed by atoms with Crippen LogP contribution in [0.3, 0.4) is 0 Å². The molecule has 0 fully saturated rings. The topological polar surface area (TPSA) is 17.1 Å². The van der Waals surface area contributed by atoms with Crippen molar-refractivity contribution in [3.63, 3.8) is 0 Å². The molecule has 0 N–H and O–H groups in total. The number of halogens is 2. The second-order valence-corrected chi connectivity index (χ2v) is 4.72. The van der Waals surface area contributed by atoms with Gasteiger partial charge in [0, 0.05) is 10.6 Å². The third kappa shape index (κ3) is 2.23. The molecule has 2 aromatic rings. The van der Waals surface area contributed by atoms with Crippen molar-refractivity contribution in [3.8, 4) is 0 Å². The molecular formula is C11H6Cl2OS. The van der Waals surface area contributed by atoms with Gasteiger partial charge in [0.05, 0.1) is 9.90 Å². The minimum absolute atomic E-state index is 0.0633. The van der Waals surface area contributed by atoms with Gasteiger partial charge in [-0.05, 0) is 29.6 Å². The first-order chi connectivity index (χ1) is 7.18. The third-order valence-electron chi connectivity index (χ3n) is 1.92. The van der Waals surface area contributed by atoms with Gasteiger partial charge in [-0.2, -0.15) is 0 Å². The van der Waals surface area contributed by atoms with Gasteiger partial charge in [-0.3, -0.25) is 4.79 Å². The zero-order valence-corrected chi connectivity index (χ0v) is 9.86. The molecule has 15 heavy (non-hydrogen) atoms. The summed E-state index contributed by atoms with van der Waals surface area (Å²) in [6, 6.07) is 8.49. The van der Waals surface area contributed by atoms with Gasteiger partial charge in [0.1, 0.15) is 0 Å². The van der Waals surface area contributed by atoms with E-state index >= 15 is 0 Å². The van der Waals surface area contributed by atoms with Gasteiger partial charge in [-0.25, -0.2) is 0 Å². The number of rotatable bonds is 2. The lowest BCUT2D eigenvalue weighted by atomic mass is 10.1. The minimum atomic E-state index is -0.0633. The van der Waals surface area contributed by atoms with Gasteiger partial charge < -0.3 is 0 Å². The van der Waals surface area contributed by atoms with Crippen molar-refractivity contribution in [2.75, 3.05) is 0 Å². The second-order valence-electron chi connectivity index (χ2n) is 2.93. The van der Waals surface area contributed by atoms with Crippen LogP contribution in [-0.2, 0) is 0 Å². The van der Waals surface area contributed by atoms with Crippen LogP contribution >= 0.6 is 34.5 Å². The molecule has 0 unspecified atom stereocenters. The molecule has 0 aliphatic heterocycles. The molecule has 0 aliphatic rings. The fourth-order valence-corrected chi connectivity index (χ4v) is 2.39. The van der Waals surface area contributed by atoms with Crippen molar-refractivity contribution < 1.29 is 4.79 Å². The molecule has 0 amide bonds. The van der Waals surface area contributed by atoms with Gasteiger partial charge in [0.2, 0.25) is 5.78 Å². The normalized spacial score (nSPS) is 10.3. The molecule has 0 radical (unpaired) electrons. The molecule has 1 aromatic heterocycles. The van der Waals surface area contributed by atoms with E-state index in [1.54, 1.807) is 24.3 Å². The van der Waals surface area contributed by atoms with E-state index in [0.29, 0.717) is 20.5 Å². The Labute approximate surface area is 101 Å². The zero-order chi connectivity index (χ0) is 10.8. The molecule has 1 nitrogen and oxygen atoms in total. The lowest BCUT2D eigenvalue weighted by Gasteiger charge is -2.01. The van der Waals surface area contributed by atoms with E-state index in [9.17, 15) is 4.79 Å². The summed E-state index contributed by atoms with van der Waals surface area (Å²) in [5.41, 5.74) is 0.489. The Kier molecular flexibility index (Phi) is 3.10. The van der Waals surface area contributed by atoms with Crippen LogP contribution < -0.4 is 0 Å². The van der Waals surface area contributed by atoms with E-state index in [1.807, 2.05) is 11.4 Å². The summed E-state index contributed by atoms with van der Waals surface area (Å²) in [4.78, 5) is 12.6. The molecule has 0 spiro atoms. The summed E-state index contributed by atoms with van der Waals surface area (Å²) >= 11 is 13.1. The van der Waals surface area contributed by atoms with Gasteiger partial charge >= 0.3 is 0 Å². The molecule has 0 atom stereocenters. The molecule has 0 aliphatic carbocycles. The summed E-state index contributed by atoms with van der Waals surface area (Å²) in [6.07, 6.45) is 0. The largest absolute Gasteiger partial charge is 0.288 e. The van der Waals surface area contributed by atoms with Crippen LogP contribution in [0, 0.1) is 0 Å². The highest BCUT2D eigenvalue weighted by molar-refractivity contribution is 7.12. The Bertz CT molecular complexity index is 491. The Morgan fingerprint density at radius 3 is 2.60 bits per heavy atom. The van der Waals surface area contributed by atoms with E-state index in [2.05, 4.69) is 0 Å². The predicted octanol–water partition coefficient (Wildman–Crippen LogP) is 4.29. The van der Waals surface area contributed by atoms with Crippen molar-refractivity contribution in [1.82, 2.24) is 0 Å².